The lowest BCUT2D eigenvalue weighted by Gasteiger charge is -2.13. The molecule has 0 aromatic heterocycles. The molecule has 0 atom stereocenters. The zero-order valence-electron chi connectivity index (χ0n) is 18.5. The molecular weight excluding hydrogens is 444 g/mol. The molecule has 172 valence electrons. The van der Waals surface area contributed by atoms with Crippen LogP contribution in [0, 0.1) is 0 Å². The van der Waals surface area contributed by atoms with Crippen LogP contribution < -0.4 is 15.0 Å². The van der Waals surface area contributed by atoms with Crippen LogP contribution in [0.25, 0.3) is 16.8 Å². The van der Waals surface area contributed by atoms with E-state index in [9.17, 15) is 14.4 Å². The van der Waals surface area contributed by atoms with Crippen molar-refractivity contribution in [3.05, 3.63) is 113 Å². The number of urea groups is 1. The van der Waals surface area contributed by atoms with Gasteiger partial charge in [-0.05, 0) is 52.7 Å². The summed E-state index contributed by atoms with van der Waals surface area (Å²) in [5, 5.41) is 13.6. The molecule has 0 aliphatic carbocycles. The van der Waals surface area contributed by atoms with Crippen LogP contribution in [0.4, 0.5) is 10.5 Å². The number of para-hydroxylation sites is 1. The first-order valence-electron chi connectivity index (χ1n) is 10.9. The first-order valence-corrected chi connectivity index (χ1v) is 10.9. The Balaban J connectivity index is 1.50. The number of aromatic carboxylic acids is 1. The third kappa shape index (κ3) is 4.35. The summed E-state index contributed by atoms with van der Waals surface area (Å²) in [4.78, 5) is 37.9. The summed E-state index contributed by atoms with van der Waals surface area (Å²) >= 11 is 0. The van der Waals surface area contributed by atoms with Gasteiger partial charge in [0, 0.05) is 5.56 Å². The van der Waals surface area contributed by atoms with Crippen molar-refractivity contribution in [2.45, 2.75) is 6.61 Å². The summed E-state index contributed by atoms with van der Waals surface area (Å²) in [6.45, 7) is 0.199. The molecule has 0 spiro atoms. The van der Waals surface area contributed by atoms with Crippen molar-refractivity contribution in [3.8, 4) is 5.75 Å². The molecule has 1 aliphatic rings. The summed E-state index contributed by atoms with van der Waals surface area (Å²) in [6, 6.07) is 26.1. The van der Waals surface area contributed by atoms with Gasteiger partial charge in [-0.2, -0.15) is 0 Å². The van der Waals surface area contributed by atoms with E-state index >= 15 is 0 Å². The average Bonchev–Trinajstić information content (AvgIpc) is 3.16. The van der Waals surface area contributed by atoms with Crippen molar-refractivity contribution in [2.75, 3.05) is 4.90 Å². The number of amides is 3. The van der Waals surface area contributed by atoms with Gasteiger partial charge in [0.1, 0.15) is 18.1 Å². The van der Waals surface area contributed by atoms with E-state index in [1.807, 2.05) is 42.5 Å². The maximum Gasteiger partial charge on any atom is 0.335 e. The predicted octanol–water partition coefficient (Wildman–Crippen LogP) is 5.21. The number of fused-ring (bicyclic) bond motifs is 1. The van der Waals surface area contributed by atoms with Crippen LogP contribution in [0.5, 0.6) is 5.75 Å². The quantitative estimate of drug-likeness (QED) is 0.302. The lowest BCUT2D eigenvalue weighted by atomic mass is 10.0. The van der Waals surface area contributed by atoms with Crippen molar-refractivity contribution in [1.29, 1.82) is 0 Å². The second-order valence-electron chi connectivity index (χ2n) is 7.95. The fraction of sp³-hybridized carbons (Fsp3) is 0.0357. The van der Waals surface area contributed by atoms with Crippen molar-refractivity contribution >= 4 is 40.4 Å². The topological polar surface area (TPSA) is 95.9 Å². The maximum atomic E-state index is 13.1. The van der Waals surface area contributed by atoms with Crippen molar-refractivity contribution in [3.63, 3.8) is 0 Å². The minimum Gasteiger partial charge on any atom is -0.488 e. The summed E-state index contributed by atoms with van der Waals surface area (Å²) in [5.41, 5.74) is 2.28. The second-order valence-corrected chi connectivity index (χ2v) is 7.95. The molecule has 0 saturated carbocycles. The van der Waals surface area contributed by atoms with Crippen LogP contribution in [0.2, 0.25) is 0 Å². The number of carboxylic acid groups (broad SMARTS) is 1. The number of nitrogens with zero attached hydrogens (tertiary/aromatic N) is 1. The van der Waals surface area contributed by atoms with Gasteiger partial charge in [0.05, 0.1) is 11.3 Å². The van der Waals surface area contributed by atoms with Gasteiger partial charge in [-0.3, -0.25) is 4.79 Å². The number of hydrogen-bond acceptors (Lipinski definition) is 4. The lowest BCUT2D eigenvalue weighted by Crippen LogP contribution is -2.30. The van der Waals surface area contributed by atoms with Crippen LogP contribution in [0.1, 0.15) is 21.5 Å². The highest BCUT2D eigenvalue weighted by Gasteiger charge is 2.35. The fourth-order valence-electron chi connectivity index (χ4n) is 3.95. The highest BCUT2D eigenvalue weighted by atomic mass is 16.5. The first kappa shape index (κ1) is 21.9. The van der Waals surface area contributed by atoms with Crippen LogP contribution in [-0.2, 0) is 11.4 Å². The zero-order chi connectivity index (χ0) is 24.4. The Bertz CT molecular complexity index is 1480. The van der Waals surface area contributed by atoms with Crippen LogP contribution in [-0.4, -0.2) is 23.0 Å². The standard InChI is InChI=1S/C28H20N2O5/c31-26-24(29-28(34)30(26)21-7-2-1-3-8-21)16-23-22-9-5-4-6-19(22)14-15-25(23)35-17-18-10-12-20(13-11-18)27(32)33/h1-16H,17H2,(H,29,34)(H,32,33)/b24-16+. The van der Waals surface area contributed by atoms with E-state index in [4.69, 9.17) is 9.84 Å². The number of carbonyl (C=O) groups excluding carboxylic acids is 2. The zero-order valence-corrected chi connectivity index (χ0v) is 18.5. The van der Waals surface area contributed by atoms with Gasteiger partial charge in [0.15, 0.2) is 0 Å². The molecule has 2 N–H and O–H groups in total. The number of ether oxygens (including phenoxy) is 1. The number of carbonyl (C=O) groups is 3. The van der Waals surface area contributed by atoms with E-state index in [-0.39, 0.29) is 17.9 Å². The van der Waals surface area contributed by atoms with Crippen LogP contribution >= 0.6 is 0 Å². The molecule has 0 unspecified atom stereocenters. The molecule has 1 heterocycles. The number of benzene rings is 4. The SMILES string of the molecule is O=C(O)c1ccc(COc2ccc3ccccc3c2/C=C2/NC(=O)N(c3ccccc3)C2=O)cc1. The van der Waals surface area contributed by atoms with E-state index in [2.05, 4.69) is 5.32 Å². The van der Waals surface area contributed by atoms with E-state index in [1.165, 1.54) is 12.1 Å². The van der Waals surface area contributed by atoms with E-state index in [1.54, 1.807) is 42.5 Å². The monoisotopic (exact) mass is 464 g/mol. The Morgan fingerprint density at radius 2 is 1.60 bits per heavy atom. The minimum absolute atomic E-state index is 0.144. The maximum absolute atomic E-state index is 13.1. The van der Waals surface area contributed by atoms with Crippen molar-refractivity contribution < 1.29 is 24.2 Å². The molecule has 4 aromatic rings. The van der Waals surface area contributed by atoms with E-state index in [0.29, 0.717) is 17.0 Å². The third-order valence-corrected chi connectivity index (χ3v) is 5.71. The Kier molecular flexibility index (Phi) is 5.73. The van der Waals surface area contributed by atoms with Gasteiger partial charge in [-0.1, -0.05) is 60.7 Å². The second kappa shape index (κ2) is 9.15. The fourth-order valence-corrected chi connectivity index (χ4v) is 3.95. The molecule has 7 nitrogen and oxygen atoms in total. The molecule has 7 heteroatoms. The normalized spacial score (nSPS) is 14.4. The molecule has 1 saturated heterocycles. The number of carboxylic acids is 1. The summed E-state index contributed by atoms with van der Waals surface area (Å²) in [6.07, 6.45) is 1.63. The highest BCUT2D eigenvalue weighted by molar-refractivity contribution is 6.28. The predicted molar refractivity (Wildman–Crippen MR) is 132 cm³/mol. The van der Waals surface area contributed by atoms with Crippen molar-refractivity contribution in [1.82, 2.24) is 5.32 Å². The van der Waals surface area contributed by atoms with Gasteiger partial charge >= 0.3 is 12.0 Å². The van der Waals surface area contributed by atoms with E-state index in [0.717, 1.165) is 21.2 Å². The Hall–Kier alpha value is -4.91. The molecule has 0 radical (unpaired) electrons. The lowest BCUT2D eigenvalue weighted by molar-refractivity contribution is -0.113. The smallest absolute Gasteiger partial charge is 0.335 e. The van der Waals surface area contributed by atoms with Gasteiger partial charge < -0.3 is 15.2 Å². The molecule has 5 rings (SSSR count). The van der Waals surface area contributed by atoms with Gasteiger partial charge in [0.2, 0.25) is 0 Å². The Morgan fingerprint density at radius 1 is 0.886 bits per heavy atom. The van der Waals surface area contributed by atoms with Crippen molar-refractivity contribution in [2.24, 2.45) is 0 Å². The van der Waals surface area contributed by atoms with E-state index < -0.39 is 17.9 Å². The minimum atomic E-state index is -0.992. The molecular formula is C28H20N2O5. The molecule has 4 aromatic carbocycles. The van der Waals surface area contributed by atoms with Crippen LogP contribution in [0.15, 0.2) is 96.7 Å². The van der Waals surface area contributed by atoms with Gasteiger partial charge in [-0.25, -0.2) is 14.5 Å². The highest BCUT2D eigenvalue weighted by Crippen LogP contribution is 2.32. The first-order chi connectivity index (χ1) is 17.0. The number of rotatable bonds is 6. The molecule has 0 bridgehead atoms. The summed E-state index contributed by atoms with van der Waals surface area (Å²) in [5.74, 6) is -0.920. The number of hydrogen-bond donors (Lipinski definition) is 2. The summed E-state index contributed by atoms with van der Waals surface area (Å²) < 4.78 is 6.09. The van der Waals surface area contributed by atoms with Gasteiger partial charge in [0.25, 0.3) is 5.91 Å². The Morgan fingerprint density at radius 3 is 2.34 bits per heavy atom. The molecule has 1 aliphatic heterocycles. The van der Waals surface area contributed by atoms with Crippen LogP contribution in [0.3, 0.4) is 0 Å². The molecule has 3 amide bonds. The third-order valence-electron chi connectivity index (χ3n) is 5.71. The Labute approximate surface area is 200 Å². The number of nitrogens with one attached hydrogen (secondary N) is 1. The molecule has 35 heavy (non-hydrogen) atoms. The molecule has 1 fully saturated rings. The number of imide groups is 1. The van der Waals surface area contributed by atoms with Gasteiger partial charge in [-0.15, -0.1) is 0 Å². The largest absolute Gasteiger partial charge is 0.488 e. The number of anilines is 1. The average molecular weight is 464 g/mol. The summed E-state index contributed by atoms with van der Waals surface area (Å²) in [7, 11) is 0.